The molecule has 1 heterocycles. The van der Waals surface area contributed by atoms with Crippen LogP contribution in [0, 0.1) is 17.8 Å². The van der Waals surface area contributed by atoms with Crippen LogP contribution in [0.15, 0.2) is 24.3 Å². The maximum absolute atomic E-state index is 12.3. The maximum Gasteiger partial charge on any atom is 0.573 e. The summed E-state index contributed by atoms with van der Waals surface area (Å²) in [6, 6.07) is 6.34. The lowest BCUT2D eigenvalue weighted by Gasteiger charge is -2.26. The van der Waals surface area contributed by atoms with Gasteiger partial charge in [-0.2, -0.15) is 0 Å². The molecule has 0 bridgehead atoms. The number of carbonyl (C=O) groups is 1. The molecule has 30 heavy (non-hydrogen) atoms. The highest BCUT2D eigenvalue weighted by Gasteiger charge is 2.53. The van der Waals surface area contributed by atoms with Gasteiger partial charge in [-0.25, -0.2) is 0 Å². The number of carbonyl (C=O) groups excluding carboxylic acids is 1. The Bertz CT molecular complexity index is 725. The molecule has 1 amide bonds. The number of halogens is 3. The van der Waals surface area contributed by atoms with Crippen molar-refractivity contribution in [1.29, 1.82) is 0 Å². The van der Waals surface area contributed by atoms with Crippen LogP contribution < -0.4 is 10.1 Å². The van der Waals surface area contributed by atoms with E-state index in [1.54, 1.807) is 12.1 Å². The fourth-order valence-corrected chi connectivity index (χ4v) is 5.04. The zero-order valence-corrected chi connectivity index (χ0v) is 17.0. The number of rotatable bonds is 8. The van der Waals surface area contributed by atoms with Gasteiger partial charge < -0.3 is 15.4 Å². The highest BCUT2D eigenvalue weighted by molar-refractivity contribution is 5.78. The second kappa shape index (κ2) is 9.14. The van der Waals surface area contributed by atoms with E-state index in [0.29, 0.717) is 42.4 Å². The molecule has 0 aromatic heterocycles. The van der Waals surface area contributed by atoms with Crippen molar-refractivity contribution in [3.63, 3.8) is 0 Å². The average Bonchev–Trinajstić information content (AvgIpc) is 3.13. The molecule has 2 unspecified atom stereocenters. The number of amides is 1. The fraction of sp³-hybridized carbons (Fsp3) is 0.682. The molecule has 2 saturated carbocycles. The normalized spacial score (nSPS) is 27.0. The lowest BCUT2D eigenvalue weighted by atomic mass is 9.95. The highest BCUT2D eigenvalue weighted by Crippen LogP contribution is 2.52. The van der Waals surface area contributed by atoms with Crippen molar-refractivity contribution in [2.75, 3.05) is 26.2 Å². The van der Waals surface area contributed by atoms with Crippen LogP contribution in [0.5, 0.6) is 5.75 Å². The van der Waals surface area contributed by atoms with E-state index >= 15 is 0 Å². The third-order valence-electron chi connectivity index (χ3n) is 6.55. The van der Waals surface area contributed by atoms with E-state index in [0.717, 1.165) is 32.5 Å². The molecule has 1 aromatic carbocycles. The number of ether oxygens (including phenoxy) is 1. The van der Waals surface area contributed by atoms with E-state index in [9.17, 15) is 18.0 Å². The van der Waals surface area contributed by atoms with Gasteiger partial charge in [0.2, 0.25) is 5.91 Å². The third kappa shape index (κ3) is 5.88. The predicted octanol–water partition coefficient (Wildman–Crippen LogP) is 4.09. The minimum absolute atomic E-state index is 0.144. The van der Waals surface area contributed by atoms with Crippen LogP contribution in [0.25, 0.3) is 5.32 Å². The van der Waals surface area contributed by atoms with Gasteiger partial charge in [0, 0.05) is 19.1 Å². The Hall–Kier alpha value is -1.80. The number of nitrogens with one attached hydrogen (secondary N) is 1. The molecular weight excluding hydrogens is 395 g/mol. The van der Waals surface area contributed by atoms with Crippen LogP contribution in [0.1, 0.15) is 37.7 Å². The number of alkyl halides is 3. The van der Waals surface area contributed by atoms with E-state index in [-0.39, 0.29) is 11.7 Å². The van der Waals surface area contributed by atoms with Crippen LogP contribution in [0.4, 0.5) is 13.2 Å². The lowest BCUT2D eigenvalue weighted by Crippen LogP contribution is -2.43. The van der Waals surface area contributed by atoms with E-state index in [1.165, 1.54) is 31.4 Å². The minimum atomic E-state index is -4.68. The van der Waals surface area contributed by atoms with Crippen molar-refractivity contribution >= 4 is 5.91 Å². The largest absolute Gasteiger partial charge is 0.658 e. The smallest absolute Gasteiger partial charge is 0.573 e. The highest BCUT2D eigenvalue weighted by atomic mass is 19.4. The second-order valence-electron chi connectivity index (χ2n) is 8.85. The molecule has 0 radical (unpaired) electrons. The first kappa shape index (κ1) is 21.4. The van der Waals surface area contributed by atoms with Gasteiger partial charge in [0.15, 0.2) is 0 Å². The summed E-state index contributed by atoms with van der Waals surface area (Å²) >= 11 is 0. The zero-order chi connectivity index (χ0) is 21.1. The number of piperidine rings is 1. The number of hydrogen-bond acceptors (Lipinski definition) is 3. The molecule has 1 aliphatic heterocycles. The van der Waals surface area contributed by atoms with Gasteiger partial charge in [-0.1, -0.05) is 42.9 Å². The van der Waals surface area contributed by atoms with Crippen molar-refractivity contribution in [3.05, 3.63) is 35.1 Å². The molecular formula is C22H29F3N3O2-. The molecule has 0 spiro atoms. The standard InChI is InChI=1S/C22H29F3N3O2/c23-22(24,25)30-17-8-4-5-15(9-17)10-26-11-18-19-12-28(13-20(18)19)14-21(29)27-16-6-2-1-3-7-16/h4-5,8-9,16,18-20H,1-3,6-7,10-14H2,(H,27,29)/q-1. The summed E-state index contributed by atoms with van der Waals surface area (Å²) < 4.78 is 40.9. The maximum atomic E-state index is 12.3. The Balaban J connectivity index is 1.13. The molecule has 2 aliphatic carbocycles. The zero-order valence-electron chi connectivity index (χ0n) is 17.0. The van der Waals surface area contributed by atoms with E-state index in [1.807, 2.05) is 0 Å². The topological polar surface area (TPSA) is 55.7 Å². The molecule has 8 heteroatoms. The molecule has 1 N–H and O–H groups in total. The van der Waals surface area contributed by atoms with Gasteiger partial charge in [0.1, 0.15) is 5.75 Å². The van der Waals surface area contributed by atoms with Gasteiger partial charge in [0.05, 0.1) is 6.54 Å². The molecule has 3 fully saturated rings. The van der Waals surface area contributed by atoms with Crippen molar-refractivity contribution < 1.29 is 22.7 Å². The number of likely N-dealkylation sites (tertiary alicyclic amines) is 1. The first-order chi connectivity index (χ1) is 14.4. The van der Waals surface area contributed by atoms with Gasteiger partial charge in [0.25, 0.3) is 0 Å². The monoisotopic (exact) mass is 424 g/mol. The summed E-state index contributed by atoms with van der Waals surface area (Å²) in [6.07, 6.45) is 1.23. The third-order valence-corrected chi connectivity index (χ3v) is 6.55. The number of hydrogen-bond donors (Lipinski definition) is 1. The molecule has 166 valence electrons. The van der Waals surface area contributed by atoms with E-state index in [2.05, 4.69) is 20.3 Å². The van der Waals surface area contributed by atoms with Gasteiger partial charge in [-0.05, 0) is 36.8 Å². The van der Waals surface area contributed by atoms with Crippen LogP contribution in [-0.2, 0) is 11.3 Å². The Morgan fingerprint density at radius 2 is 1.90 bits per heavy atom. The molecule has 4 rings (SSSR count). The van der Waals surface area contributed by atoms with Gasteiger partial charge in [-0.15, -0.1) is 26.3 Å². The summed E-state index contributed by atoms with van der Waals surface area (Å²) in [4.78, 5) is 14.5. The molecule has 5 nitrogen and oxygen atoms in total. The summed E-state index contributed by atoms with van der Waals surface area (Å²) in [7, 11) is 0. The minimum Gasteiger partial charge on any atom is -0.658 e. The fourth-order valence-electron chi connectivity index (χ4n) is 5.04. The molecule has 3 aliphatic rings. The Labute approximate surface area is 175 Å². The molecule has 1 aromatic rings. The van der Waals surface area contributed by atoms with Crippen LogP contribution in [0.2, 0.25) is 0 Å². The van der Waals surface area contributed by atoms with Gasteiger partial charge in [-0.3, -0.25) is 9.69 Å². The van der Waals surface area contributed by atoms with Crippen LogP contribution in [0.3, 0.4) is 0 Å². The summed E-state index contributed by atoms with van der Waals surface area (Å²) in [5, 5.41) is 7.73. The second-order valence-corrected chi connectivity index (χ2v) is 8.85. The Kier molecular flexibility index (Phi) is 6.53. The van der Waals surface area contributed by atoms with Crippen molar-refractivity contribution in [2.24, 2.45) is 17.8 Å². The quantitative estimate of drug-likeness (QED) is 0.684. The van der Waals surface area contributed by atoms with Crippen molar-refractivity contribution in [3.8, 4) is 5.75 Å². The SMILES string of the molecule is O=C(CN1CC2C(C[N-]Cc3cccc(OC(F)(F)F)c3)C2C1)NC1CCCCC1. The Morgan fingerprint density at radius 3 is 2.60 bits per heavy atom. The van der Waals surface area contributed by atoms with E-state index < -0.39 is 6.36 Å². The first-order valence-corrected chi connectivity index (χ1v) is 10.9. The van der Waals surface area contributed by atoms with Crippen molar-refractivity contribution in [2.45, 2.75) is 51.1 Å². The summed E-state index contributed by atoms with van der Waals surface area (Å²) in [5.41, 5.74) is 0.712. The average molecular weight is 424 g/mol. The van der Waals surface area contributed by atoms with Crippen molar-refractivity contribution in [1.82, 2.24) is 10.2 Å². The molecule has 1 saturated heterocycles. The van der Waals surface area contributed by atoms with E-state index in [4.69, 9.17) is 0 Å². The predicted molar refractivity (Wildman–Crippen MR) is 107 cm³/mol. The summed E-state index contributed by atoms with van der Waals surface area (Å²) in [5.74, 6) is 1.66. The number of benzene rings is 1. The Morgan fingerprint density at radius 1 is 1.17 bits per heavy atom. The van der Waals surface area contributed by atoms with Crippen LogP contribution >= 0.6 is 0 Å². The molecule has 2 atom stereocenters. The summed E-state index contributed by atoms with van der Waals surface area (Å²) in [6.45, 7) is 3.48. The number of nitrogens with zero attached hydrogens (tertiary/aromatic N) is 2. The number of fused-ring (bicyclic) bond motifs is 1. The lowest BCUT2D eigenvalue weighted by molar-refractivity contribution is -0.274. The van der Waals surface area contributed by atoms with Crippen LogP contribution in [-0.4, -0.2) is 49.4 Å². The first-order valence-electron chi connectivity index (χ1n) is 10.9. The van der Waals surface area contributed by atoms with Gasteiger partial charge >= 0.3 is 6.36 Å².